The van der Waals surface area contributed by atoms with Gasteiger partial charge in [-0.1, -0.05) is 0 Å². The predicted molar refractivity (Wildman–Crippen MR) is 69.1 cm³/mol. The monoisotopic (exact) mass is 241 g/mol. The molecule has 0 radical (unpaired) electrons. The Morgan fingerprint density at radius 3 is 2.41 bits per heavy atom. The van der Waals surface area contributed by atoms with Gasteiger partial charge in [0.1, 0.15) is 0 Å². The Balaban J connectivity index is 2.16. The lowest BCUT2D eigenvalue weighted by atomic mass is 10.3. The lowest BCUT2D eigenvalue weighted by molar-refractivity contribution is -0.130. The molecule has 17 heavy (non-hydrogen) atoms. The van der Waals surface area contributed by atoms with Gasteiger partial charge in [0, 0.05) is 60.3 Å². The molecule has 1 saturated heterocycles. The molecule has 0 unspecified atom stereocenters. The number of carbonyl (C=O) groups excluding carboxylic acids is 1. The van der Waals surface area contributed by atoms with E-state index in [1.165, 1.54) is 0 Å². The van der Waals surface area contributed by atoms with Gasteiger partial charge in [0.25, 0.3) is 0 Å². The molecule has 0 aromatic carbocycles. The molecule has 0 bridgehead atoms. The van der Waals surface area contributed by atoms with Gasteiger partial charge in [-0.2, -0.15) is 0 Å². The van der Waals surface area contributed by atoms with Crippen molar-refractivity contribution < 1.29 is 4.79 Å². The van der Waals surface area contributed by atoms with Gasteiger partial charge in [0.2, 0.25) is 5.91 Å². The summed E-state index contributed by atoms with van der Waals surface area (Å²) in [6.45, 7) is 7.08. The third-order valence-corrected chi connectivity index (χ3v) is 3.00. The average Bonchev–Trinajstić information content (AvgIpc) is 2.35. The third kappa shape index (κ3) is 4.60. The van der Waals surface area contributed by atoms with Crippen LogP contribution in [0.25, 0.3) is 0 Å². The Morgan fingerprint density at radius 1 is 1.29 bits per heavy atom. The van der Waals surface area contributed by atoms with Gasteiger partial charge in [-0.05, 0) is 0 Å². The van der Waals surface area contributed by atoms with Gasteiger partial charge >= 0.3 is 0 Å². The molecule has 0 aliphatic carbocycles. The van der Waals surface area contributed by atoms with Crippen LogP contribution >= 0.6 is 0 Å². The number of nitrogens with one attached hydrogen (secondary N) is 2. The molecule has 2 N–H and O–H groups in total. The SMILES string of the molecule is CN=C(NC)NCCN1CCN(C(C)=O)CC1. The topological polar surface area (TPSA) is 60.0 Å². The molecule has 0 spiro atoms. The van der Waals surface area contributed by atoms with Gasteiger partial charge in [-0.15, -0.1) is 0 Å². The van der Waals surface area contributed by atoms with Crippen molar-refractivity contribution in [3.05, 3.63) is 0 Å². The first kappa shape index (κ1) is 13.8. The smallest absolute Gasteiger partial charge is 0.219 e. The largest absolute Gasteiger partial charge is 0.359 e. The number of guanidine groups is 1. The Kier molecular flexibility index (Phi) is 5.76. The highest BCUT2D eigenvalue weighted by Crippen LogP contribution is 2.00. The van der Waals surface area contributed by atoms with E-state index in [0.717, 1.165) is 45.2 Å². The maximum Gasteiger partial charge on any atom is 0.219 e. The van der Waals surface area contributed by atoms with Crippen molar-refractivity contribution >= 4 is 11.9 Å². The van der Waals surface area contributed by atoms with Crippen LogP contribution in [0.5, 0.6) is 0 Å². The molecular weight excluding hydrogens is 218 g/mol. The van der Waals surface area contributed by atoms with E-state index in [1.54, 1.807) is 14.0 Å². The molecule has 6 nitrogen and oxygen atoms in total. The minimum atomic E-state index is 0.179. The van der Waals surface area contributed by atoms with E-state index in [0.29, 0.717) is 0 Å². The zero-order chi connectivity index (χ0) is 12.7. The van der Waals surface area contributed by atoms with Crippen molar-refractivity contribution in [3.63, 3.8) is 0 Å². The van der Waals surface area contributed by atoms with E-state index in [4.69, 9.17) is 0 Å². The van der Waals surface area contributed by atoms with E-state index >= 15 is 0 Å². The third-order valence-electron chi connectivity index (χ3n) is 3.00. The van der Waals surface area contributed by atoms with Crippen LogP contribution in [-0.4, -0.2) is 75.0 Å². The van der Waals surface area contributed by atoms with E-state index in [9.17, 15) is 4.79 Å². The zero-order valence-electron chi connectivity index (χ0n) is 11.0. The van der Waals surface area contributed by atoms with Crippen molar-refractivity contribution in [2.45, 2.75) is 6.92 Å². The summed E-state index contributed by atoms with van der Waals surface area (Å²) in [6, 6.07) is 0. The van der Waals surface area contributed by atoms with Crippen molar-refractivity contribution in [3.8, 4) is 0 Å². The lowest BCUT2D eigenvalue weighted by Gasteiger charge is -2.34. The molecule has 1 heterocycles. The predicted octanol–water partition coefficient (Wildman–Crippen LogP) is -1.05. The van der Waals surface area contributed by atoms with Crippen molar-refractivity contribution in [2.75, 3.05) is 53.4 Å². The number of hydrogen-bond acceptors (Lipinski definition) is 3. The van der Waals surface area contributed by atoms with Crippen LogP contribution < -0.4 is 10.6 Å². The first-order chi connectivity index (χ1) is 8.17. The van der Waals surface area contributed by atoms with Crippen LogP contribution in [0.1, 0.15) is 6.92 Å². The van der Waals surface area contributed by atoms with Crippen LogP contribution in [-0.2, 0) is 4.79 Å². The standard InChI is InChI=1S/C11H23N5O/c1-10(17)16-8-6-15(7-9-16)5-4-14-11(12-2)13-3/h4-9H2,1-3H3,(H2,12,13,14). The van der Waals surface area contributed by atoms with Crippen LogP contribution in [0, 0.1) is 0 Å². The van der Waals surface area contributed by atoms with Crippen LogP contribution in [0.3, 0.4) is 0 Å². The van der Waals surface area contributed by atoms with Crippen molar-refractivity contribution in [2.24, 2.45) is 4.99 Å². The highest BCUT2D eigenvalue weighted by atomic mass is 16.2. The van der Waals surface area contributed by atoms with Crippen LogP contribution in [0.2, 0.25) is 0 Å². The highest BCUT2D eigenvalue weighted by Gasteiger charge is 2.17. The van der Waals surface area contributed by atoms with E-state index in [1.807, 2.05) is 11.9 Å². The number of nitrogens with zero attached hydrogens (tertiary/aromatic N) is 3. The average molecular weight is 241 g/mol. The van der Waals surface area contributed by atoms with Crippen molar-refractivity contribution in [1.29, 1.82) is 0 Å². The van der Waals surface area contributed by atoms with E-state index < -0.39 is 0 Å². The summed E-state index contributed by atoms with van der Waals surface area (Å²) in [5, 5.41) is 6.20. The van der Waals surface area contributed by atoms with Gasteiger partial charge in [-0.25, -0.2) is 0 Å². The summed E-state index contributed by atoms with van der Waals surface area (Å²) >= 11 is 0. The number of aliphatic imine (C=N–C) groups is 1. The minimum Gasteiger partial charge on any atom is -0.359 e. The molecule has 1 amide bonds. The van der Waals surface area contributed by atoms with Crippen molar-refractivity contribution in [1.82, 2.24) is 20.4 Å². The lowest BCUT2D eigenvalue weighted by Crippen LogP contribution is -2.50. The van der Waals surface area contributed by atoms with Gasteiger partial charge < -0.3 is 15.5 Å². The minimum absolute atomic E-state index is 0.179. The Hall–Kier alpha value is -1.30. The molecular formula is C11H23N5O. The summed E-state index contributed by atoms with van der Waals surface area (Å²) in [6.07, 6.45) is 0. The number of amides is 1. The first-order valence-electron chi connectivity index (χ1n) is 6.03. The second-order valence-corrected chi connectivity index (χ2v) is 4.10. The Labute approximate surface area is 103 Å². The van der Waals surface area contributed by atoms with E-state index in [2.05, 4.69) is 20.5 Å². The van der Waals surface area contributed by atoms with E-state index in [-0.39, 0.29) is 5.91 Å². The summed E-state index contributed by atoms with van der Waals surface area (Å²) in [7, 11) is 3.60. The van der Waals surface area contributed by atoms with Gasteiger partial charge in [-0.3, -0.25) is 14.7 Å². The number of hydrogen-bond donors (Lipinski definition) is 2. The molecule has 1 aliphatic rings. The molecule has 0 saturated carbocycles. The fourth-order valence-corrected chi connectivity index (χ4v) is 1.90. The van der Waals surface area contributed by atoms with Gasteiger partial charge in [0.05, 0.1) is 0 Å². The molecule has 98 valence electrons. The Bertz CT molecular complexity index is 271. The number of carbonyl (C=O) groups is 1. The molecule has 1 fully saturated rings. The summed E-state index contributed by atoms with van der Waals surface area (Å²) in [5.41, 5.74) is 0. The molecule has 6 heteroatoms. The zero-order valence-corrected chi connectivity index (χ0v) is 11.0. The summed E-state index contributed by atoms with van der Waals surface area (Å²) < 4.78 is 0. The fourth-order valence-electron chi connectivity index (χ4n) is 1.90. The molecule has 1 rings (SSSR count). The second-order valence-electron chi connectivity index (χ2n) is 4.10. The maximum absolute atomic E-state index is 11.2. The quantitative estimate of drug-likeness (QED) is 0.489. The Morgan fingerprint density at radius 2 is 1.94 bits per heavy atom. The fraction of sp³-hybridized carbons (Fsp3) is 0.818. The summed E-state index contributed by atoms with van der Waals surface area (Å²) in [4.78, 5) is 19.5. The highest BCUT2D eigenvalue weighted by molar-refractivity contribution is 5.79. The molecule has 1 aliphatic heterocycles. The normalized spacial score (nSPS) is 18.1. The van der Waals surface area contributed by atoms with Crippen LogP contribution in [0.15, 0.2) is 4.99 Å². The molecule has 0 atom stereocenters. The maximum atomic E-state index is 11.2. The molecule has 0 aromatic heterocycles. The number of rotatable bonds is 3. The van der Waals surface area contributed by atoms with Gasteiger partial charge in [0.15, 0.2) is 5.96 Å². The summed E-state index contributed by atoms with van der Waals surface area (Å²) in [5.74, 6) is 0.991. The number of piperazine rings is 1. The molecule has 0 aromatic rings. The van der Waals surface area contributed by atoms with Crippen LogP contribution in [0.4, 0.5) is 0 Å². The second kappa shape index (κ2) is 7.11. The first-order valence-corrected chi connectivity index (χ1v) is 6.03.